The summed E-state index contributed by atoms with van der Waals surface area (Å²) in [5, 5.41) is 14.4. The Morgan fingerprint density at radius 1 is 1.03 bits per heavy atom. The highest BCUT2D eigenvalue weighted by Gasteiger charge is 2.27. The smallest absolute Gasteiger partial charge is 0.166 e. The second-order valence-electron chi connectivity index (χ2n) is 8.00. The number of fused-ring (bicyclic) bond motifs is 1. The lowest BCUT2D eigenvalue weighted by atomic mass is 10.1. The Kier molecular flexibility index (Phi) is 5.09. The molecular formula is C24H21F3N4O. The molecule has 0 amide bonds. The van der Waals surface area contributed by atoms with E-state index < -0.39 is 11.6 Å². The first-order valence-corrected chi connectivity index (χ1v) is 10.5. The van der Waals surface area contributed by atoms with Crippen LogP contribution in [-0.2, 0) is 0 Å². The molecule has 3 heterocycles. The number of anilines is 1. The molecule has 0 saturated carbocycles. The molecule has 2 aromatic carbocycles. The van der Waals surface area contributed by atoms with Crippen molar-refractivity contribution in [3.63, 3.8) is 0 Å². The number of rotatable bonds is 4. The monoisotopic (exact) mass is 438 g/mol. The number of hydrogen-bond donors (Lipinski definition) is 1. The zero-order valence-corrected chi connectivity index (χ0v) is 17.4. The summed E-state index contributed by atoms with van der Waals surface area (Å²) in [5.74, 6) is -1.10. The Morgan fingerprint density at radius 3 is 2.50 bits per heavy atom. The summed E-state index contributed by atoms with van der Waals surface area (Å²) < 4.78 is 43.4. The van der Waals surface area contributed by atoms with Crippen molar-refractivity contribution in [3.05, 3.63) is 71.7 Å². The molecule has 1 unspecified atom stereocenters. The molecule has 5 nitrogen and oxygen atoms in total. The minimum atomic E-state index is -0.701. The van der Waals surface area contributed by atoms with Crippen molar-refractivity contribution in [2.24, 2.45) is 0 Å². The quantitative estimate of drug-likeness (QED) is 0.500. The molecule has 1 N–H and O–H groups in total. The van der Waals surface area contributed by atoms with Gasteiger partial charge in [0.05, 0.1) is 29.6 Å². The zero-order chi connectivity index (χ0) is 22.4. The van der Waals surface area contributed by atoms with Crippen LogP contribution in [0.2, 0.25) is 0 Å². The normalized spacial score (nSPS) is 16.3. The summed E-state index contributed by atoms with van der Waals surface area (Å²) in [5.41, 5.74) is 2.98. The topological polar surface area (TPSA) is 53.7 Å². The molecule has 164 valence electrons. The van der Waals surface area contributed by atoms with E-state index in [4.69, 9.17) is 4.98 Å². The minimum Gasteiger partial charge on any atom is -0.394 e. The maximum atomic E-state index is 14.7. The molecule has 5 rings (SSSR count). The highest BCUT2D eigenvalue weighted by Crippen LogP contribution is 2.35. The Labute approximate surface area is 182 Å². The highest BCUT2D eigenvalue weighted by atomic mass is 19.1. The summed E-state index contributed by atoms with van der Waals surface area (Å²) in [4.78, 5) is 6.83. The number of halogens is 3. The Bertz CT molecular complexity index is 1300. The van der Waals surface area contributed by atoms with E-state index in [1.54, 1.807) is 23.6 Å². The lowest BCUT2D eigenvalue weighted by Crippen LogP contribution is -2.32. The molecule has 1 aliphatic heterocycles. The maximum absolute atomic E-state index is 14.7. The van der Waals surface area contributed by atoms with Crippen molar-refractivity contribution in [2.75, 3.05) is 18.1 Å². The third-order valence-electron chi connectivity index (χ3n) is 5.97. The molecule has 8 heteroatoms. The maximum Gasteiger partial charge on any atom is 0.166 e. The lowest BCUT2D eigenvalue weighted by molar-refractivity contribution is 0.266. The van der Waals surface area contributed by atoms with Crippen molar-refractivity contribution >= 4 is 11.5 Å². The highest BCUT2D eigenvalue weighted by molar-refractivity contribution is 5.83. The first kappa shape index (κ1) is 20.5. The Hall–Kier alpha value is -3.39. The van der Waals surface area contributed by atoms with Crippen LogP contribution in [0.4, 0.5) is 19.0 Å². The molecule has 0 aliphatic carbocycles. The first-order valence-electron chi connectivity index (χ1n) is 10.5. The van der Waals surface area contributed by atoms with Crippen LogP contribution < -0.4 is 4.90 Å². The fraction of sp³-hybridized carbons (Fsp3) is 0.250. The molecule has 0 bridgehead atoms. The van der Waals surface area contributed by atoms with E-state index in [0.717, 1.165) is 25.5 Å². The van der Waals surface area contributed by atoms with Gasteiger partial charge in [0.2, 0.25) is 0 Å². The van der Waals surface area contributed by atoms with Gasteiger partial charge in [0, 0.05) is 29.8 Å². The second-order valence-corrected chi connectivity index (χ2v) is 8.00. The van der Waals surface area contributed by atoms with Crippen molar-refractivity contribution in [1.29, 1.82) is 0 Å². The van der Waals surface area contributed by atoms with Gasteiger partial charge >= 0.3 is 0 Å². The predicted molar refractivity (Wildman–Crippen MR) is 116 cm³/mol. The van der Waals surface area contributed by atoms with Crippen LogP contribution in [0.15, 0.2) is 48.5 Å². The van der Waals surface area contributed by atoms with E-state index in [2.05, 4.69) is 5.10 Å². The lowest BCUT2D eigenvalue weighted by Gasteiger charge is -2.25. The van der Waals surface area contributed by atoms with Crippen molar-refractivity contribution in [3.8, 4) is 22.4 Å². The van der Waals surface area contributed by atoms with Crippen LogP contribution in [0.5, 0.6) is 0 Å². The SMILES string of the molecule is Cc1nn2c(-c3ccc(F)cc3)cc(N3CCCC3CO)nc2c1-c1ccc(F)cc1F. The molecule has 1 aliphatic rings. The van der Waals surface area contributed by atoms with Crippen molar-refractivity contribution in [1.82, 2.24) is 14.6 Å². The van der Waals surface area contributed by atoms with Gasteiger partial charge in [-0.3, -0.25) is 0 Å². The molecule has 1 fully saturated rings. The van der Waals surface area contributed by atoms with Gasteiger partial charge in [-0.1, -0.05) is 0 Å². The van der Waals surface area contributed by atoms with E-state index in [1.807, 2.05) is 11.0 Å². The number of hydrogen-bond acceptors (Lipinski definition) is 4. The van der Waals surface area contributed by atoms with Crippen LogP contribution in [0, 0.1) is 24.4 Å². The molecular weight excluding hydrogens is 417 g/mol. The van der Waals surface area contributed by atoms with Gasteiger partial charge in [0.1, 0.15) is 23.3 Å². The van der Waals surface area contributed by atoms with Gasteiger partial charge in [-0.15, -0.1) is 0 Å². The summed E-state index contributed by atoms with van der Waals surface area (Å²) in [6.07, 6.45) is 1.76. The molecule has 1 saturated heterocycles. The molecule has 4 aromatic rings. The summed E-state index contributed by atoms with van der Waals surface area (Å²) in [6, 6.07) is 11.2. The van der Waals surface area contributed by atoms with Gasteiger partial charge in [-0.25, -0.2) is 22.7 Å². The Balaban J connectivity index is 1.79. The van der Waals surface area contributed by atoms with Gasteiger partial charge in [0.15, 0.2) is 5.65 Å². The third kappa shape index (κ3) is 3.40. The van der Waals surface area contributed by atoms with E-state index in [-0.39, 0.29) is 24.0 Å². The van der Waals surface area contributed by atoms with E-state index in [0.29, 0.717) is 34.0 Å². The Morgan fingerprint density at radius 2 is 1.78 bits per heavy atom. The van der Waals surface area contributed by atoms with Crippen LogP contribution in [0.25, 0.3) is 28.0 Å². The van der Waals surface area contributed by atoms with Crippen LogP contribution in [0.1, 0.15) is 18.5 Å². The largest absolute Gasteiger partial charge is 0.394 e. The number of nitrogens with zero attached hydrogens (tertiary/aromatic N) is 4. The second kappa shape index (κ2) is 7.94. The predicted octanol–water partition coefficient (Wildman–Crippen LogP) is 4.75. The van der Waals surface area contributed by atoms with Crippen LogP contribution in [0.3, 0.4) is 0 Å². The fourth-order valence-electron chi connectivity index (χ4n) is 4.42. The molecule has 2 aromatic heterocycles. The number of aryl methyl sites for hydroxylation is 1. The van der Waals surface area contributed by atoms with Gasteiger partial charge in [-0.05, 0) is 56.2 Å². The van der Waals surface area contributed by atoms with Gasteiger partial charge in [0.25, 0.3) is 0 Å². The first-order chi connectivity index (χ1) is 15.5. The molecule has 32 heavy (non-hydrogen) atoms. The van der Waals surface area contributed by atoms with Crippen LogP contribution in [-0.4, -0.2) is 38.9 Å². The van der Waals surface area contributed by atoms with Gasteiger partial charge < -0.3 is 10.0 Å². The average Bonchev–Trinajstić information content (AvgIpc) is 3.38. The van der Waals surface area contributed by atoms with Crippen molar-refractivity contribution in [2.45, 2.75) is 25.8 Å². The summed E-state index contributed by atoms with van der Waals surface area (Å²) in [7, 11) is 0. The van der Waals surface area contributed by atoms with Crippen molar-refractivity contribution < 1.29 is 18.3 Å². The molecule has 0 spiro atoms. The van der Waals surface area contributed by atoms with Gasteiger partial charge in [-0.2, -0.15) is 5.10 Å². The minimum absolute atomic E-state index is 0.00349. The van der Waals surface area contributed by atoms with E-state index in [9.17, 15) is 18.3 Å². The third-order valence-corrected chi connectivity index (χ3v) is 5.97. The van der Waals surface area contributed by atoms with E-state index in [1.165, 1.54) is 24.3 Å². The average molecular weight is 438 g/mol. The number of aliphatic hydroxyl groups excluding tert-OH is 1. The fourth-order valence-corrected chi connectivity index (χ4v) is 4.42. The summed E-state index contributed by atoms with van der Waals surface area (Å²) >= 11 is 0. The zero-order valence-electron chi connectivity index (χ0n) is 17.4. The standard InChI is InChI=1S/C24H21F3N4O/c1-14-23(19-9-8-17(26)11-20(19)27)24-28-22(30-10-2-3-18(30)13-32)12-21(31(24)29-14)15-4-6-16(25)7-5-15/h4-9,11-12,18,32H,2-3,10,13H2,1H3. The number of aromatic nitrogens is 3. The molecule has 1 atom stereocenters. The summed E-state index contributed by atoms with van der Waals surface area (Å²) in [6.45, 7) is 2.47. The molecule has 0 radical (unpaired) electrons. The number of benzene rings is 2. The number of aliphatic hydroxyl groups is 1. The van der Waals surface area contributed by atoms with Crippen LogP contribution >= 0.6 is 0 Å². The van der Waals surface area contributed by atoms with E-state index >= 15 is 0 Å².